The van der Waals surface area contributed by atoms with Crippen molar-refractivity contribution >= 4 is 23.2 Å². The van der Waals surface area contributed by atoms with Crippen molar-refractivity contribution < 1.29 is 4.79 Å². The molecule has 1 aromatic rings. The van der Waals surface area contributed by atoms with Crippen LogP contribution in [0, 0.1) is 0 Å². The highest BCUT2D eigenvalue weighted by atomic mass is 35.5. The fourth-order valence-electron chi connectivity index (χ4n) is 1.05. The number of benzene rings is 1. The lowest BCUT2D eigenvalue weighted by atomic mass is 10.2. The van der Waals surface area contributed by atoms with Gasteiger partial charge in [0, 0.05) is 17.1 Å². The first-order chi connectivity index (χ1) is 7.27. The summed E-state index contributed by atoms with van der Waals surface area (Å²) in [6, 6.07) is 7.02. The highest BCUT2D eigenvalue weighted by Crippen LogP contribution is 2.18. The van der Waals surface area contributed by atoms with Crippen LogP contribution < -0.4 is 5.32 Å². The number of alkyl halides is 1. The van der Waals surface area contributed by atoms with E-state index in [-0.39, 0.29) is 11.8 Å². The van der Waals surface area contributed by atoms with Crippen LogP contribution in [0.25, 0.3) is 10.4 Å². The van der Waals surface area contributed by atoms with Gasteiger partial charge in [-0.15, -0.1) is 11.6 Å². The third kappa shape index (κ3) is 3.50. The van der Waals surface area contributed by atoms with E-state index in [1.165, 1.54) is 0 Å². The lowest BCUT2D eigenvalue weighted by Crippen LogP contribution is -2.23. The Bertz CT molecular complexity index is 401. The molecule has 0 unspecified atom stereocenters. The van der Waals surface area contributed by atoms with Crippen molar-refractivity contribution in [2.24, 2.45) is 5.11 Å². The van der Waals surface area contributed by atoms with E-state index in [4.69, 9.17) is 17.1 Å². The summed E-state index contributed by atoms with van der Waals surface area (Å²) in [5.41, 5.74) is 9.58. The molecule has 0 aliphatic carbocycles. The van der Waals surface area contributed by atoms with E-state index in [1.807, 2.05) is 0 Å². The van der Waals surface area contributed by atoms with Crippen molar-refractivity contribution in [3.8, 4) is 0 Å². The molecule has 0 radical (unpaired) electrons. The van der Waals surface area contributed by atoms with Crippen molar-refractivity contribution in [2.75, 3.05) is 5.88 Å². The minimum Gasteiger partial charge on any atom is -0.351 e. The van der Waals surface area contributed by atoms with Gasteiger partial charge in [-0.1, -0.05) is 29.4 Å². The second kappa shape index (κ2) is 5.90. The maximum atomic E-state index is 10.9. The van der Waals surface area contributed by atoms with Crippen LogP contribution in [0.2, 0.25) is 0 Å². The fraction of sp³-hybridized carbons (Fsp3) is 0.222. The van der Waals surface area contributed by atoms with Crippen LogP contribution in [-0.2, 0) is 11.3 Å². The van der Waals surface area contributed by atoms with Gasteiger partial charge in [0.25, 0.3) is 0 Å². The van der Waals surface area contributed by atoms with Crippen molar-refractivity contribution in [2.45, 2.75) is 6.54 Å². The van der Waals surface area contributed by atoms with Gasteiger partial charge in [0.1, 0.15) is 5.88 Å². The fourth-order valence-corrected chi connectivity index (χ4v) is 1.14. The predicted molar refractivity (Wildman–Crippen MR) is 57.8 cm³/mol. The number of carbonyl (C=O) groups is 1. The molecule has 0 saturated carbocycles. The highest BCUT2D eigenvalue weighted by molar-refractivity contribution is 6.27. The Morgan fingerprint density at radius 2 is 2.27 bits per heavy atom. The number of azide groups is 1. The minimum absolute atomic E-state index is 0.0797. The second-order valence-electron chi connectivity index (χ2n) is 2.73. The SMILES string of the molecule is [N-]=[N+]=Nc1ccccc1CNC(=O)CCl. The number of carbonyl (C=O) groups excluding carboxylic acids is 1. The molecular weight excluding hydrogens is 216 g/mol. The van der Waals surface area contributed by atoms with Gasteiger partial charge in [0.05, 0.1) is 0 Å². The number of nitrogens with zero attached hydrogens (tertiary/aromatic N) is 3. The summed E-state index contributed by atoms with van der Waals surface area (Å²) in [6.07, 6.45) is 0. The number of rotatable bonds is 4. The van der Waals surface area contributed by atoms with Gasteiger partial charge in [-0.25, -0.2) is 0 Å². The summed E-state index contributed by atoms with van der Waals surface area (Å²) < 4.78 is 0. The Labute approximate surface area is 91.7 Å². The molecule has 0 fully saturated rings. The van der Waals surface area contributed by atoms with E-state index in [1.54, 1.807) is 24.3 Å². The number of halogens is 1. The predicted octanol–water partition coefficient (Wildman–Crippen LogP) is 2.48. The van der Waals surface area contributed by atoms with Crippen LogP contribution >= 0.6 is 11.6 Å². The highest BCUT2D eigenvalue weighted by Gasteiger charge is 2.01. The normalized spacial score (nSPS) is 9.13. The van der Waals surface area contributed by atoms with Crippen molar-refractivity contribution in [3.05, 3.63) is 40.3 Å². The van der Waals surface area contributed by atoms with E-state index in [9.17, 15) is 4.79 Å². The summed E-state index contributed by atoms with van der Waals surface area (Å²) in [7, 11) is 0. The molecule has 1 N–H and O–H groups in total. The average Bonchev–Trinajstić information content (AvgIpc) is 2.28. The number of hydrogen-bond donors (Lipinski definition) is 1. The van der Waals surface area contributed by atoms with E-state index >= 15 is 0 Å². The zero-order valence-electron chi connectivity index (χ0n) is 7.85. The van der Waals surface area contributed by atoms with Gasteiger partial charge in [0.2, 0.25) is 5.91 Å². The van der Waals surface area contributed by atoms with Crippen LogP contribution in [0.3, 0.4) is 0 Å². The lowest BCUT2D eigenvalue weighted by molar-refractivity contribution is -0.118. The molecule has 6 heteroatoms. The van der Waals surface area contributed by atoms with E-state index in [0.717, 1.165) is 5.56 Å². The first-order valence-corrected chi connectivity index (χ1v) is 4.77. The molecule has 5 nitrogen and oxygen atoms in total. The van der Waals surface area contributed by atoms with Crippen LogP contribution in [-0.4, -0.2) is 11.8 Å². The Morgan fingerprint density at radius 3 is 2.93 bits per heavy atom. The second-order valence-corrected chi connectivity index (χ2v) is 3.00. The Balaban J connectivity index is 2.75. The quantitative estimate of drug-likeness (QED) is 0.363. The van der Waals surface area contributed by atoms with E-state index < -0.39 is 0 Å². The van der Waals surface area contributed by atoms with Crippen LogP contribution in [0.15, 0.2) is 29.4 Å². The molecule has 78 valence electrons. The minimum atomic E-state index is -0.257. The van der Waals surface area contributed by atoms with Crippen LogP contribution in [0.5, 0.6) is 0 Å². The van der Waals surface area contributed by atoms with Crippen LogP contribution in [0.1, 0.15) is 5.56 Å². The first kappa shape index (κ1) is 11.4. The smallest absolute Gasteiger partial charge is 0.235 e. The molecule has 0 bridgehead atoms. The average molecular weight is 225 g/mol. The molecule has 1 aromatic carbocycles. The summed E-state index contributed by atoms with van der Waals surface area (Å²) >= 11 is 5.33. The van der Waals surface area contributed by atoms with Gasteiger partial charge in [0.15, 0.2) is 0 Å². The van der Waals surface area contributed by atoms with Gasteiger partial charge in [-0.3, -0.25) is 4.79 Å². The van der Waals surface area contributed by atoms with Crippen molar-refractivity contribution in [3.63, 3.8) is 0 Å². The summed E-state index contributed by atoms with van der Waals surface area (Å²) in [4.78, 5) is 13.6. The molecule has 0 atom stereocenters. The standard InChI is InChI=1S/C9H9ClN4O/c10-5-9(15)12-6-7-3-1-2-4-8(7)13-14-11/h1-4H,5-6H2,(H,12,15). The maximum absolute atomic E-state index is 10.9. The van der Waals surface area contributed by atoms with Crippen molar-refractivity contribution in [1.82, 2.24) is 5.32 Å². The summed E-state index contributed by atoms with van der Waals surface area (Å²) in [5, 5.41) is 6.10. The molecule has 0 aromatic heterocycles. The van der Waals surface area contributed by atoms with Gasteiger partial charge in [-0.05, 0) is 11.1 Å². The molecule has 1 amide bonds. The Morgan fingerprint density at radius 1 is 1.53 bits per heavy atom. The van der Waals surface area contributed by atoms with E-state index in [0.29, 0.717) is 12.2 Å². The van der Waals surface area contributed by atoms with Gasteiger partial charge >= 0.3 is 0 Å². The largest absolute Gasteiger partial charge is 0.351 e. The topological polar surface area (TPSA) is 77.9 Å². The molecule has 0 saturated heterocycles. The monoisotopic (exact) mass is 224 g/mol. The molecule has 0 aliphatic rings. The molecule has 0 heterocycles. The zero-order valence-corrected chi connectivity index (χ0v) is 8.61. The van der Waals surface area contributed by atoms with E-state index in [2.05, 4.69) is 15.3 Å². The molecule has 1 rings (SSSR count). The third-order valence-corrected chi connectivity index (χ3v) is 1.98. The number of hydrogen-bond acceptors (Lipinski definition) is 2. The Kier molecular flexibility index (Phi) is 4.47. The lowest BCUT2D eigenvalue weighted by Gasteiger charge is -2.05. The molecule has 15 heavy (non-hydrogen) atoms. The van der Waals surface area contributed by atoms with Gasteiger partial charge < -0.3 is 5.32 Å². The molecule has 0 aliphatic heterocycles. The zero-order chi connectivity index (χ0) is 11.1. The molecular formula is C9H9ClN4O. The number of nitrogens with one attached hydrogen (secondary N) is 1. The van der Waals surface area contributed by atoms with Gasteiger partial charge in [-0.2, -0.15) is 0 Å². The summed E-state index contributed by atoms with van der Waals surface area (Å²) in [6.45, 7) is 0.306. The summed E-state index contributed by atoms with van der Waals surface area (Å²) in [5.74, 6) is -0.337. The molecule has 0 spiro atoms. The first-order valence-electron chi connectivity index (χ1n) is 4.23. The maximum Gasteiger partial charge on any atom is 0.235 e. The Hall–Kier alpha value is -1.71. The number of amides is 1. The third-order valence-electron chi connectivity index (χ3n) is 1.74. The van der Waals surface area contributed by atoms with Crippen molar-refractivity contribution in [1.29, 1.82) is 0 Å². The van der Waals surface area contributed by atoms with Crippen LogP contribution in [0.4, 0.5) is 5.69 Å².